The Labute approximate surface area is 261 Å². The third-order valence-corrected chi connectivity index (χ3v) is 10.3. The first-order valence-corrected chi connectivity index (χ1v) is 15.6. The maximum atomic E-state index is 15.4. The van der Waals surface area contributed by atoms with Crippen LogP contribution in [0.3, 0.4) is 0 Å². The van der Waals surface area contributed by atoms with E-state index in [1.165, 1.54) is 6.07 Å². The zero-order valence-electron chi connectivity index (χ0n) is 27.8. The summed E-state index contributed by atoms with van der Waals surface area (Å²) in [6, 6.07) is 2.32. The quantitative estimate of drug-likeness (QED) is 0.169. The topological polar surface area (TPSA) is 105 Å². The van der Waals surface area contributed by atoms with Crippen LogP contribution in [0.4, 0.5) is 0 Å². The van der Waals surface area contributed by atoms with Gasteiger partial charge in [-0.1, -0.05) is 60.9 Å². The first kappa shape index (κ1) is 33.2. The van der Waals surface area contributed by atoms with Crippen molar-refractivity contribution in [1.82, 2.24) is 0 Å². The highest BCUT2D eigenvalue weighted by atomic mass is 16.3. The van der Waals surface area contributed by atoms with E-state index in [2.05, 4.69) is 32.6 Å². The second-order valence-corrected chi connectivity index (χ2v) is 14.5. The van der Waals surface area contributed by atoms with Gasteiger partial charge in [0, 0.05) is 6.07 Å². The van der Waals surface area contributed by atoms with Gasteiger partial charge in [0.2, 0.25) is 5.43 Å². The number of fused-ring (bicyclic) bond motifs is 5. The Balaban J connectivity index is 2.17. The number of rotatable bonds is 9. The third-order valence-electron chi connectivity index (χ3n) is 10.3. The van der Waals surface area contributed by atoms with Gasteiger partial charge in [0.1, 0.15) is 16.9 Å². The molecular formula is C38H48O6. The summed E-state index contributed by atoms with van der Waals surface area (Å²) in [7, 11) is 0. The average Bonchev–Trinajstić information content (AvgIpc) is 2.91. The fourth-order valence-corrected chi connectivity index (χ4v) is 7.46. The normalized spacial score (nSPS) is 24.3. The molecule has 0 unspecified atom stereocenters. The summed E-state index contributed by atoms with van der Waals surface area (Å²) in [5, 5.41) is 20.6. The number of hydrogen-bond donors (Lipinski definition) is 2. The van der Waals surface area contributed by atoms with Gasteiger partial charge in [-0.15, -0.1) is 0 Å². The molecular weight excluding hydrogens is 552 g/mol. The minimum atomic E-state index is -1.46. The highest BCUT2D eigenvalue weighted by Gasteiger charge is 2.72. The number of hydrogen-bond acceptors (Lipinski definition) is 6. The number of Topliss-reactive ketones (excluding diaryl/α,β-unsaturated/α-hetero) is 2. The predicted molar refractivity (Wildman–Crippen MR) is 176 cm³/mol. The molecule has 0 spiro atoms. The lowest BCUT2D eigenvalue weighted by Crippen LogP contribution is -2.68. The van der Waals surface area contributed by atoms with Crippen molar-refractivity contribution in [1.29, 1.82) is 0 Å². The first-order valence-electron chi connectivity index (χ1n) is 15.6. The molecule has 1 aromatic heterocycles. The molecule has 2 bridgehead atoms. The summed E-state index contributed by atoms with van der Waals surface area (Å²) in [5.74, 6) is -1.80. The predicted octanol–water partition coefficient (Wildman–Crippen LogP) is 8.89. The highest BCUT2D eigenvalue weighted by molar-refractivity contribution is 6.23. The van der Waals surface area contributed by atoms with Crippen LogP contribution in [-0.4, -0.2) is 21.8 Å². The van der Waals surface area contributed by atoms with E-state index in [1.54, 1.807) is 0 Å². The van der Waals surface area contributed by atoms with E-state index >= 15 is 4.79 Å². The first-order chi connectivity index (χ1) is 20.4. The van der Waals surface area contributed by atoms with E-state index in [1.807, 2.05) is 54.5 Å². The summed E-state index contributed by atoms with van der Waals surface area (Å²) in [6.07, 6.45) is 8.42. The van der Waals surface area contributed by atoms with Crippen LogP contribution in [0.5, 0.6) is 11.5 Å². The summed E-state index contributed by atoms with van der Waals surface area (Å²) >= 11 is 0. The molecule has 1 fully saturated rings. The standard InChI is InChI=1S/C38H48O6/c1-21(2)11-13-25(24(7)8)19-37-20-26(14-12-22(3)4)36(9,10)38(35(37)43,16-15-23(5)6)34-31(33(37)42)32(41)27-17-28(39)29(40)18-30(27)44-34/h11-12,15,17-18,25-26,39-40H,7,13-14,16,19-20H2,1-6,8-10H3/t25-,26+,37+,38-/m0/s1. The number of aromatic hydroxyl groups is 2. The number of phenolic OH excluding ortho intramolecular Hbond substituents is 2. The fourth-order valence-electron chi connectivity index (χ4n) is 7.46. The molecule has 4 atom stereocenters. The molecule has 1 heterocycles. The second kappa shape index (κ2) is 11.7. The maximum absolute atomic E-state index is 15.4. The molecule has 2 N–H and O–H groups in total. The SMILES string of the molecule is C=C(C)[C@@H](CC=C(C)C)C[C@]12C[C@@H](CC=C(C)C)C(C)(C)[C@](CC=C(C)C)(C1=O)c1oc3cc(O)c(O)cc3c(=O)c1C2=O. The van der Waals surface area contributed by atoms with Crippen LogP contribution in [0.25, 0.3) is 11.0 Å². The molecule has 1 aromatic carbocycles. The monoisotopic (exact) mass is 600 g/mol. The van der Waals surface area contributed by atoms with Gasteiger partial charge in [-0.25, -0.2) is 0 Å². The van der Waals surface area contributed by atoms with Crippen molar-refractivity contribution in [3.8, 4) is 11.5 Å². The van der Waals surface area contributed by atoms with Crippen LogP contribution in [-0.2, 0) is 10.2 Å². The van der Waals surface area contributed by atoms with E-state index in [9.17, 15) is 19.8 Å². The molecule has 2 aliphatic carbocycles. The molecule has 2 aliphatic rings. The van der Waals surface area contributed by atoms with Crippen LogP contribution in [0.15, 0.2) is 68.4 Å². The van der Waals surface area contributed by atoms with Gasteiger partial charge in [-0.05, 0) is 104 Å². The average molecular weight is 601 g/mol. The van der Waals surface area contributed by atoms with Crippen LogP contribution < -0.4 is 5.43 Å². The van der Waals surface area contributed by atoms with Gasteiger partial charge < -0.3 is 14.6 Å². The molecule has 4 rings (SSSR count). The fraction of sp³-hybridized carbons (Fsp3) is 0.500. The minimum absolute atomic E-state index is 0.00720. The lowest BCUT2D eigenvalue weighted by Gasteiger charge is -2.60. The Kier molecular flexibility index (Phi) is 8.82. The van der Waals surface area contributed by atoms with Crippen molar-refractivity contribution in [3.63, 3.8) is 0 Å². The van der Waals surface area contributed by atoms with E-state index in [-0.39, 0.29) is 52.8 Å². The third kappa shape index (κ3) is 5.20. The van der Waals surface area contributed by atoms with Crippen LogP contribution >= 0.6 is 0 Å². The molecule has 6 nitrogen and oxygen atoms in total. The number of allylic oxidation sites excluding steroid dienone is 7. The van der Waals surface area contributed by atoms with Gasteiger partial charge in [0.25, 0.3) is 0 Å². The van der Waals surface area contributed by atoms with E-state index in [0.29, 0.717) is 19.3 Å². The lowest BCUT2D eigenvalue weighted by molar-refractivity contribution is -0.152. The number of carbonyl (C=O) groups is 2. The number of benzene rings is 1. The molecule has 1 saturated carbocycles. The Morgan fingerprint density at radius 2 is 1.55 bits per heavy atom. The summed E-state index contributed by atoms with van der Waals surface area (Å²) < 4.78 is 6.46. The summed E-state index contributed by atoms with van der Waals surface area (Å²) in [6.45, 7) is 22.4. The molecule has 2 aromatic rings. The number of ketones is 2. The number of carbonyl (C=O) groups excluding carboxylic acids is 2. The van der Waals surface area contributed by atoms with Crippen LogP contribution in [0, 0.1) is 22.7 Å². The van der Waals surface area contributed by atoms with Gasteiger partial charge in [-0.2, -0.15) is 0 Å². The van der Waals surface area contributed by atoms with Crippen LogP contribution in [0.2, 0.25) is 0 Å². The van der Waals surface area contributed by atoms with Gasteiger partial charge in [0.05, 0.1) is 16.2 Å². The smallest absolute Gasteiger partial charge is 0.204 e. The molecule has 0 radical (unpaired) electrons. The largest absolute Gasteiger partial charge is 0.504 e. The Hall–Kier alpha value is -3.67. The van der Waals surface area contributed by atoms with Gasteiger partial charge in [-0.3, -0.25) is 14.4 Å². The van der Waals surface area contributed by atoms with Crippen molar-refractivity contribution in [3.05, 3.63) is 80.8 Å². The van der Waals surface area contributed by atoms with Gasteiger partial charge in [0.15, 0.2) is 23.1 Å². The lowest BCUT2D eigenvalue weighted by atomic mass is 9.39. The molecule has 236 valence electrons. The molecule has 0 saturated heterocycles. The van der Waals surface area contributed by atoms with Crippen molar-refractivity contribution >= 4 is 22.5 Å². The minimum Gasteiger partial charge on any atom is -0.504 e. The van der Waals surface area contributed by atoms with E-state index < -0.39 is 39.0 Å². The van der Waals surface area contributed by atoms with Crippen molar-refractivity contribution in [2.45, 2.75) is 99.8 Å². The molecule has 0 aliphatic heterocycles. The Morgan fingerprint density at radius 3 is 2.11 bits per heavy atom. The molecule has 44 heavy (non-hydrogen) atoms. The Morgan fingerprint density at radius 1 is 0.955 bits per heavy atom. The number of phenols is 2. The summed E-state index contributed by atoms with van der Waals surface area (Å²) in [4.78, 5) is 44.7. The second-order valence-electron chi connectivity index (χ2n) is 14.5. The zero-order valence-corrected chi connectivity index (χ0v) is 27.8. The Bertz CT molecular complexity index is 1680. The summed E-state index contributed by atoms with van der Waals surface area (Å²) in [5.41, 5.74) is -0.00105. The zero-order chi connectivity index (χ0) is 32.9. The van der Waals surface area contributed by atoms with Crippen molar-refractivity contribution in [2.24, 2.45) is 22.7 Å². The van der Waals surface area contributed by atoms with Crippen LogP contribution in [0.1, 0.15) is 111 Å². The van der Waals surface area contributed by atoms with Crippen molar-refractivity contribution < 1.29 is 24.2 Å². The highest BCUT2D eigenvalue weighted by Crippen LogP contribution is 2.66. The van der Waals surface area contributed by atoms with Gasteiger partial charge >= 0.3 is 0 Å². The van der Waals surface area contributed by atoms with E-state index in [0.717, 1.165) is 28.4 Å². The van der Waals surface area contributed by atoms with E-state index in [4.69, 9.17) is 4.42 Å². The molecule has 6 heteroatoms. The van der Waals surface area contributed by atoms with Crippen molar-refractivity contribution in [2.75, 3.05) is 0 Å². The molecule has 0 amide bonds. The maximum Gasteiger partial charge on any atom is 0.204 e.